The summed E-state index contributed by atoms with van der Waals surface area (Å²) in [5.74, 6) is 1.02. The van der Waals surface area contributed by atoms with Gasteiger partial charge in [-0.15, -0.1) is 11.3 Å². The number of anilines is 2. The number of benzene rings is 2. The van der Waals surface area contributed by atoms with Gasteiger partial charge < -0.3 is 16.0 Å². The van der Waals surface area contributed by atoms with Crippen LogP contribution in [0.5, 0.6) is 0 Å². The Morgan fingerprint density at radius 1 is 1.06 bits per heavy atom. The number of hydrogen-bond acceptors (Lipinski definition) is 8. The first-order chi connectivity index (χ1) is 15.3. The highest BCUT2D eigenvalue weighted by Gasteiger charge is 2.12. The van der Waals surface area contributed by atoms with E-state index in [1.807, 2.05) is 30.6 Å². The molecule has 0 aliphatic carbocycles. The number of para-hydroxylation sites is 1. The van der Waals surface area contributed by atoms with Crippen molar-refractivity contribution in [3.05, 3.63) is 54.7 Å². The summed E-state index contributed by atoms with van der Waals surface area (Å²) in [5, 5.41) is 4.44. The van der Waals surface area contributed by atoms with E-state index in [2.05, 4.69) is 49.4 Å². The van der Waals surface area contributed by atoms with Gasteiger partial charge in [0.15, 0.2) is 0 Å². The molecule has 0 amide bonds. The van der Waals surface area contributed by atoms with Gasteiger partial charge in [0.1, 0.15) is 10.8 Å². The van der Waals surface area contributed by atoms with Gasteiger partial charge in [-0.05, 0) is 30.2 Å². The fraction of sp³-hybridized carbons (Fsp3) is 0.217. The molecule has 1 aliphatic rings. The first kappa shape index (κ1) is 19.4. The number of aliphatic imine (C=N–C) groups is 1. The molecule has 0 radical (unpaired) electrons. The van der Waals surface area contributed by atoms with Crippen molar-refractivity contribution in [3.8, 4) is 21.7 Å². The Hall–Kier alpha value is -3.52. The summed E-state index contributed by atoms with van der Waals surface area (Å²) < 4.78 is 1.18. The molecule has 4 aromatic rings. The van der Waals surface area contributed by atoms with Crippen molar-refractivity contribution in [1.82, 2.24) is 19.9 Å². The van der Waals surface area contributed by atoms with Crippen molar-refractivity contribution in [1.29, 1.82) is 0 Å². The molecule has 5 rings (SSSR count). The van der Waals surface area contributed by atoms with Crippen LogP contribution in [0.25, 0.3) is 31.9 Å². The molecule has 3 N–H and O–H groups in total. The summed E-state index contributed by atoms with van der Waals surface area (Å²) >= 11 is 1.70. The van der Waals surface area contributed by atoms with Gasteiger partial charge in [-0.3, -0.25) is 4.99 Å². The van der Waals surface area contributed by atoms with E-state index < -0.39 is 0 Å². The summed E-state index contributed by atoms with van der Waals surface area (Å²) in [4.78, 5) is 20.0. The second kappa shape index (κ2) is 8.69. The third-order valence-corrected chi connectivity index (χ3v) is 6.28. The van der Waals surface area contributed by atoms with Gasteiger partial charge >= 0.3 is 0 Å². The topological polar surface area (TPSA) is 92.3 Å². The standard InChI is InChI=1S/C23H23N7S/c24-23-27-14-18(21(29-23)26-9-4-11-30-12-10-25-15-30)16-5-3-6-17(13-16)22-28-19-7-1-2-8-20(19)31-22/h1-3,5-8,13-15H,4,9-12H2,(H3,24,26,27,29). The van der Waals surface area contributed by atoms with Crippen LogP contribution in [0, 0.1) is 0 Å². The summed E-state index contributed by atoms with van der Waals surface area (Å²) in [6, 6.07) is 16.5. The molecule has 0 unspecified atom stereocenters. The third kappa shape index (κ3) is 4.34. The van der Waals surface area contributed by atoms with Crippen LogP contribution in [0.4, 0.5) is 11.8 Å². The maximum absolute atomic E-state index is 5.88. The highest BCUT2D eigenvalue weighted by Crippen LogP contribution is 2.34. The number of fused-ring (bicyclic) bond motifs is 1. The zero-order valence-electron chi connectivity index (χ0n) is 17.0. The van der Waals surface area contributed by atoms with E-state index in [4.69, 9.17) is 10.7 Å². The van der Waals surface area contributed by atoms with E-state index >= 15 is 0 Å². The summed E-state index contributed by atoms with van der Waals surface area (Å²) in [7, 11) is 0. The molecule has 8 heteroatoms. The Kier molecular flexibility index (Phi) is 5.45. The summed E-state index contributed by atoms with van der Waals surface area (Å²) in [6.45, 7) is 3.67. The van der Waals surface area contributed by atoms with Crippen LogP contribution in [-0.4, -0.2) is 52.4 Å². The fourth-order valence-electron chi connectivity index (χ4n) is 3.63. The van der Waals surface area contributed by atoms with Crippen LogP contribution in [0.3, 0.4) is 0 Å². The average molecular weight is 430 g/mol. The second-order valence-electron chi connectivity index (χ2n) is 7.40. The minimum absolute atomic E-state index is 0.264. The fourth-order valence-corrected chi connectivity index (χ4v) is 4.59. The molecule has 0 spiro atoms. The molecule has 2 aromatic heterocycles. The first-order valence-corrected chi connectivity index (χ1v) is 11.1. The van der Waals surface area contributed by atoms with Crippen molar-refractivity contribution in [2.75, 3.05) is 37.2 Å². The van der Waals surface area contributed by atoms with Crippen LogP contribution >= 0.6 is 11.3 Å². The Morgan fingerprint density at radius 3 is 2.84 bits per heavy atom. The van der Waals surface area contributed by atoms with Gasteiger partial charge in [-0.25, -0.2) is 9.97 Å². The monoisotopic (exact) mass is 429 g/mol. The molecule has 3 heterocycles. The Labute approximate surface area is 184 Å². The Morgan fingerprint density at radius 2 is 1.97 bits per heavy atom. The van der Waals surface area contributed by atoms with Gasteiger partial charge in [0.25, 0.3) is 0 Å². The number of nitrogens with two attached hydrogens (primary N) is 1. The molecule has 0 bridgehead atoms. The van der Waals surface area contributed by atoms with E-state index in [-0.39, 0.29) is 5.95 Å². The number of nitrogen functional groups attached to an aromatic ring is 1. The number of aromatic nitrogens is 3. The largest absolute Gasteiger partial charge is 0.369 e. The van der Waals surface area contributed by atoms with Crippen molar-refractivity contribution < 1.29 is 0 Å². The summed E-state index contributed by atoms with van der Waals surface area (Å²) in [6.07, 6.45) is 4.71. The Bertz CT molecular complexity index is 1200. The smallest absolute Gasteiger partial charge is 0.221 e. The summed E-state index contributed by atoms with van der Waals surface area (Å²) in [5.41, 5.74) is 9.94. The van der Waals surface area contributed by atoms with Crippen LogP contribution in [0.1, 0.15) is 6.42 Å². The predicted molar refractivity (Wildman–Crippen MR) is 129 cm³/mol. The van der Waals surface area contributed by atoms with Gasteiger partial charge in [-0.1, -0.05) is 30.3 Å². The van der Waals surface area contributed by atoms with Gasteiger partial charge in [0.05, 0.1) is 23.1 Å². The van der Waals surface area contributed by atoms with Crippen LogP contribution < -0.4 is 11.1 Å². The quantitative estimate of drug-likeness (QED) is 0.429. The second-order valence-corrected chi connectivity index (χ2v) is 8.43. The lowest BCUT2D eigenvalue weighted by Gasteiger charge is -2.15. The van der Waals surface area contributed by atoms with Gasteiger partial charge in [0.2, 0.25) is 5.95 Å². The molecule has 31 heavy (non-hydrogen) atoms. The molecule has 0 fully saturated rings. The van der Waals surface area contributed by atoms with E-state index in [0.29, 0.717) is 0 Å². The lowest BCUT2D eigenvalue weighted by molar-refractivity contribution is 0.461. The predicted octanol–water partition coefficient (Wildman–Crippen LogP) is 4.15. The van der Waals surface area contributed by atoms with E-state index in [1.165, 1.54) is 4.70 Å². The van der Waals surface area contributed by atoms with E-state index in [0.717, 1.165) is 65.6 Å². The van der Waals surface area contributed by atoms with Crippen molar-refractivity contribution in [2.45, 2.75) is 6.42 Å². The van der Waals surface area contributed by atoms with Crippen LogP contribution in [0.15, 0.2) is 59.7 Å². The van der Waals surface area contributed by atoms with E-state index in [9.17, 15) is 0 Å². The number of nitrogens with one attached hydrogen (secondary N) is 1. The van der Waals surface area contributed by atoms with Crippen LogP contribution in [-0.2, 0) is 0 Å². The molecule has 1 aliphatic heterocycles. The lowest BCUT2D eigenvalue weighted by Crippen LogP contribution is -2.22. The molecule has 0 atom stereocenters. The average Bonchev–Trinajstić information content (AvgIpc) is 3.47. The molecular formula is C23H23N7S. The van der Waals surface area contributed by atoms with Gasteiger partial charge in [0, 0.05) is 37.0 Å². The zero-order valence-corrected chi connectivity index (χ0v) is 17.8. The maximum atomic E-state index is 5.88. The van der Waals surface area contributed by atoms with Crippen molar-refractivity contribution in [2.24, 2.45) is 4.99 Å². The molecule has 2 aromatic carbocycles. The van der Waals surface area contributed by atoms with Gasteiger partial charge in [-0.2, -0.15) is 4.98 Å². The zero-order chi connectivity index (χ0) is 21.0. The minimum atomic E-state index is 0.264. The first-order valence-electron chi connectivity index (χ1n) is 10.3. The minimum Gasteiger partial charge on any atom is -0.369 e. The highest BCUT2D eigenvalue weighted by atomic mass is 32.1. The number of rotatable bonds is 7. The molecule has 0 saturated carbocycles. The van der Waals surface area contributed by atoms with Crippen LogP contribution in [0.2, 0.25) is 0 Å². The molecule has 156 valence electrons. The van der Waals surface area contributed by atoms with Crippen molar-refractivity contribution >= 4 is 39.7 Å². The molecular weight excluding hydrogens is 406 g/mol. The molecule has 0 saturated heterocycles. The Balaban J connectivity index is 1.38. The SMILES string of the molecule is Nc1ncc(-c2cccc(-c3nc4ccccc4s3)c2)c(NCCCN2C=NCC2)n1. The normalized spacial score (nSPS) is 13.2. The number of hydrogen-bond donors (Lipinski definition) is 2. The maximum Gasteiger partial charge on any atom is 0.221 e. The third-order valence-electron chi connectivity index (χ3n) is 5.20. The number of nitrogens with zero attached hydrogens (tertiary/aromatic N) is 5. The highest BCUT2D eigenvalue weighted by molar-refractivity contribution is 7.21. The molecule has 7 nitrogen and oxygen atoms in total. The number of thiazole rings is 1. The lowest BCUT2D eigenvalue weighted by atomic mass is 10.0. The van der Waals surface area contributed by atoms with E-state index in [1.54, 1.807) is 17.5 Å². The van der Waals surface area contributed by atoms with Crippen molar-refractivity contribution in [3.63, 3.8) is 0 Å².